The van der Waals surface area contributed by atoms with Gasteiger partial charge < -0.3 is 14.4 Å². The Labute approximate surface area is 147 Å². The standard InChI is InChI=1S/C17H24N4O4/c1-12-10-25-17(23)21(12)15-9-18-14(8-19-15)7-13-3-5-20(6-4-13)16(22)11-24-2/h8-9,12-13H,3-7,10-11H2,1-2H3/t12-/m1/s1. The smallest absolute Gasteiger partial charge is 0.415 e. The van der Waals surface area contributed by atoms with E-state index in [-0.39, 0.29) is 24.6 Å². The molecule has 0 unspecified atom stereocenters. The number of rotatable bonds is 5. The molecule has 0 aromatic carbocycles. The van der Waals surface area contributed by atoms with E-state index in [0.717, 1.165) is 38.0 Å². The zero-order valence-electron chi connectivity index (χ0n) is 14.7. The van der Waals surface area contributed by atoms with Gasteiger partial charge in [-0.1, -0.05) is 0 Å². The van der Waals surface area contributed by atoms with Gasteiger partial charge in [0.25, 0.3) is 0 Å². The number of ether oxygens (including phenoxy) is 2. The summed E-state index contributed by atoms with van der Waals surface area (Å²) in [4.78, 5) is 35.7. The zero-order valence-corrected chi connectivity index (χ0v) is 14.7. The molecule has 0 saturated carbocycles. The number of piperidine rings is 1. The van der Waals surface area contributed by atoms with Crippen LogP contribution in [0.2, 0.25) is 0 Å². The van der Waals surface area contributed by atoms with Gasteiger partial charge in [-0.3, -0.25) is 14.7 Å². The van der Waals surface area contributed by atoms with Crippen molar-refractivity contribution in [2.24, 2.45) is 5.92 Å². The molecule has 2 saturated heterocycles. The summed E-state index contributed by atoms with van der Waals surface area (Å²) in [6, 6.07) is -0.0263. The number of methoxy groups -OCH3 is 1. The summed E-state index contributed by atoms with van der Waals surface area (Å²) in [7, 11) is 1.54. The summed E-state index contributed by atoms with van der Waals surface area (Å²) >= 11 is 0. The largest absolute Gasteiger partial charge is 0.447 e. The average Bonchev–Trinajstić information content (AvgIpc) is 2.95. The fourth-order valence-electron chi connectivity index (χ4n) is 3.31. The van der Waals surface area contributed by atoms with Crippen molar-refractivity contribution in [2.75, 3.05) is 38.3 Å². The van der Waals surface area contributed by atoms with E-state index in [2.05, 4.69) is 9.97 Å². The molecule has 1 aromatic rings. The minimum absolute atomic E-state index is 0.0263. The number of nitrogens with zero attached hydrogens (tertiary/aromatic N) is 4. The molecular formula is C17H24N4O4. The van der Waals surface area contributed by atoms with E-state index in [1.807, 2.05) is 11.8 Å². The van der Waals surface area contributed by atoms with Crippen molar-refractivity contribution in [1.82, 2.24) is 14.9 Å². The highest BCUT2D eigenvalue weighted by atomic mass is 16.6. The number of aromatic nitrogens is 2. The number of hydrogen-bond donors (Lipinski definition) is 0. The Hall–Kier alpha value is -2.22. The van der Waals surface area contributed by atoms with Crippen molar-refractivity contribution in [3.63, 3.8) is 0 Å². The molecule has 1 atom stereocenters. The predicted molar refractivity (Wildman–Crippen MR) is 90.2 cm³/mol. The van der Waals surface area contributed by atoms with Gasteiger partial charge in [0, 0.05) is 20.2 Å². The van der Waals surface area contributed by atoms with Crippen LogP contribution in [0.3, 0.4) is 0 Å². The summed E-state index contributed by atoms with van der Waals surface area (Å²) in [5.74, 6) is 1.07. The third-order valence-electron chi connectivity index (χ3n) is 4.76. The molecule has 3 heterocycles. The lowest BCUT2D eigenvalue weighted by molar-refractivity contribution is -0.136. The van der Waals surface area contributed by atoms with Crippen LogP contribution in [0.15, 0.2) is 12.4 Å². The van der Waals surface area contributed by atoms with Gasteiger partial charge in [-0.25, -0.2) is 9.78 Å². The molecule has 2 aliphatic rings. The Kier molecular flexibility index (Phi) is 5.47. The normalized spacial score (nSPS) is 21.5. The third-order valence-corrected chi connectivity index (χ3v) is 4.76. The minimum atomic E-state index is -0.373. The highest BCUT2D eigenvalue weighted by molar-refractivity contribution is 5.88. The number of anilines is 1. The van der Waals surface area contributed by atoms with Gasteiger partial charge in [-0.2, -0.15) is 0 Å². The first-order valence-corrected chi connectivity index (χ1v) is 8.62. The maximum absolute atomic E-state index is 11.8. The maximum Gasteiger partial charge on any atom is 0.415 e. The van der Waals surface area contributed by atoms with Crippen molar-refractivity contribution < 1.29 is 19.1 Å². The lowest BCUT2D eigenvalue weighted by Gasteiger charge is -2.31. The van der Waals surface area contributed by atoms with E-state index >= 15 is 0 Å². The Balaban J connectivity index is 1.53. The molecular weight excluding hydrogens is 324 g/mol. The molecule has 0 aliphatic carbocycles. The van der Waals surface area contributed by atoms with Crippen LogP contribution in [0.25, 0.3) is 0 Å². The molecule has 0 N–H and O–H groups in total. The van der Waals surface area contributed by atoms with Crippen LogP contribution in [-0.2, 0) is 20.7 Å². The molecule has 136 valence electrons. The maximum atomic E-state index is 11.8. The van der Waals surface area contributed by atoms with Gasteiger partial charge >= 0.3 is 6.09 Å². The van der Waals surface area contributed by atoms with Gasteiger partial charge in [-0.05, 0) is 32.1 Å². The first-order valence-electron chi connectivity index (χ1n) is 8.62. The van der Waals surface area contributed by atoms with Gasteiger partial charge in [0.15, 0.2) is 5.82 Å². The summed E-state index contributed by atoms with van der Waals surface area (Å²) in [6.45, 7) is 3.96. The van der Waals surface area contributed by atoms with Crippen molar-refractivity contribution in [2.45, 2.75) is 32.2 Å². The molecule has 2 fully saturated rings. The third kappa shape index (κ3) is 4.07. The van der Waals surface area contributed by atoms with Gasteiger partial charge in [-0.15, -0.1) is 0 Å². The first kappa shape index (κ1) is 17.6. The average molecular weight is 348 g/mol. The van der Waals surface area contributed by atoms with Gasteiger partial charge in [0.05, 0.1) is 24.1 Å². The van der Waals surface area contributed by atoms with E-state index < -0.39 is 0 Å². The van der Waals surface area contributed by atoms with E-state index in [9.17, 15) is 9.59 Å². The lowest BCUT2D eigenvalue weighted by atomic mass is 9.92. The van der Waals surface area contributed by atoms with Crippen LogP contribution in [0.4, 0.5) is 10.6 Å². The SMILES string of the molecule is COCC(=O)N1CCC(Cc2cnc(N3C(=O)OC[C@H]3C)cn2)CC1. The van der Waals surface area contributed by atoms with Crippen molar-refractivity contribution in [3.05, 3.63) is 18.1 Å². The van der Waals surface area contributed by atoms with E-state index in [4.69, 9.17) is 9.47 Å². The second kappa shape index (κ2) is 7.77. The number of cyclic esters (lactones) is 1. The zero-order chi connectivity index (χ0) is 17.8. The van der Waals surface area contributed by atoms with Crippen LogP contribution in [-0.4, -0.2) is 66.3 Å². The van der Waals surface area contributed by atoms with Crippen LogP contribution in [0.1, 0.15) is 25.5 Å². The molecule has 0 radical (unpaired) electrons. The fraction of sp³-hybridized carbons (Fsp3) is 0.647. The van der Waals surface area contributed by atoms with E-state index in [1.54, 1.807) is 12.4 Å². The summed E-state index contributed by atoms with van der Waals surface area (Å²) in [6.07, 6.45) is 5.73. The van der Waals surface area contributed by atoms with Crippen LogP contribution in [0.5, 0.6) is 0 Å². The lowest BCUT2D eigenvalue weighted by Crippen LogP contribution is -2.40. The number of likely N-dealkylation sites (tertiary alicyclic amines) is 1. The molecule has 8 nitrogen and oxygen atoms in total. The van der Waals surface area contributed by atoms with E-state index in [0.29, 0.717) is 18.3 Å². The first-order chi connectivity index (χ1) is 12.1. The Morgan fingerprint density at radius 2 is 2.08 bits per heavy atom. The quantitative estimate of drug-likeness (QED) is 0.796. The highest BCUT2D eigenvalue weighted by Gasteiger charge is 2.32. The number of carbonyl (C=O) groups excluding carboxylic acids is 2. The number of hydrogen-bond acceptors (Lipinski definition) is 6. The Morgan fingerprint density at radius 1 is 1.32 bits per heavy atom. The van der Waals surface area contributed by atoms with Crippen LogP contribution >= 0.6 is 0 Å². The van der Waals surface area contributed by atoms with Crippen LogP contribution in [0, 0.1) is 5.92 Å². The fourth-order valence-corrected chi connectivity index (χ4v) is 3.31. The van der Waals surface area contributed by atoms with Crippen molar-refractivity contribution in [1.29, 1.82) is 0 Å². The number of carbonyl (C=O) groups is 2. The van der Waals surface area contributed by atoms with Gasteiger partial charge in [0.1, 0.15) is 13.2 Å². The van der Waals surface area contributed by atoms with E-state index in [1.165, 1.54) is 12.0 Å². The second-order valence-electron chi connectivity index (χ2n) is 6.62. The molecule has 8 heteroatoms. The molecule has 3 rings (SSSR count). The number of amides is 2. The topological polar surface area (TPSA) is 84.9 Å². The Morgan fingerprint density at radius 3 is 2.64 bits per heavy atom. The van der Waals surface area contributed by atoms with Gasteiger partial charge in [0.2, 0.25) is 5.91 Å². The summed E-state index contributed by atoms with van der Waals surface area (Å²) in [5.41, 5.74) is 0.908. The molecule has 25 heavy (non-hydrogen) atoms. The molecule has 2 amide bonds. The molecule has 0 bridgehead atoms. The van der Waals surface area contributed by atoms with Crippen LogP contribution < -0.4 is 4.90 Å². The molecule has 1 aromatic heterocycles. The molecule has 0 spiro atoms. The minimum Gasteiger partial charge on any atom is -0.447 e. The highest BCUT2D eigenvalue weighted by Crippen LogP contribution is 2.23. The monoisotopic (exact) mass is 348 g/mol. The predicted octanol–water partition coefficient (Wildman–Crippen LogP) is 1.25. The van der Waals surface area contributed by atoms with Crippen molar-refractivity contribution in [3.8, 4) is 0 Å². The Bertz CT molecular complexity index is 614. The summed E-state index contributed by atoms with van der Waals surface area (Å²) in [5, 5.41) is 0. The van der Waals surface area contributed by atoms with Crippen molar-refractivity contribution >= 4 is 17.8 Å². The second-order valence-corrected chi connectivity index (χ2v) is 6.62. The molecule has 2 aliphatic heterocycles. The summed E-state index contributed by atoms with van der Waals surface area (Å²) < 4.78 is 9.91.